The molecule has 0 fully saturated rings. The smallest absolute Gasteiger partial charge is 0.266 e. The summed E-state index contributed by atoms with van der Waals surface area (Å²) in [5, 5.41) is 3.57. The number of ether oxygens (including phenoxy) is 3. The lowest BCUT2D eigenvalue weighted by molar-refractivity contribution is 0.102. The maximum Gasteiger partial charge on any atom is 0.266 e. The monoisotopic (exact) mass is 451 g/mol. The topological polar surface area (TPSA) is 91.7 Å². The summed E-state index contributed by atoms with van der Waals surface area (Å²) in [6.45, 7) is 5.02. The van der Waals surface area contributed by atoms with Gasteiger partial charge >= 0.3 is 0 Å². The van der Waals surface area contributed by atoms with Crippen LogP contribution in [-0.4, -0.2) is 42.9 Å². The summed E-state index contributed by atoms with van der Waals surface area (Å²) in [6.07, 6.45) is 1.48. The van der Waals surface area contributed by atoms with E-state index in [4.69, 9.17) is 25.8 Å². The number of anilines is 1. The summed E-state index contributed by atoms with van der Waals surface area (Å²) < 4.78 is 17.3. The highest BCUT2D eigenvalue weighted by Gasteiger charge is 2.21. The van der Waals surface area contributed by atoms with E-state index in [-0.39, 0.29) is 11.5 Å². The van der Waals surface area contributed by atoms with Crippen molar-refractivity contribution < 1.29 is 19.0 Å². The van der Waals surface area contributed by atoms with E-state index in [2.05, 4.69) is 10.3 Å². The minimum Gasteiger partial charge on any atom is -0.495 e. The Kier molecular flexibility index (Phi) is 6.96. The molecule has 0 aliphatic rings. The number of benzene rings is 1. The molecule has 0 radical (unpaired) electrons. The molecule has 160 valence electrons. The molecule has 30 heavy (non-hydrogen) atoms. The van der Waals surface area contributed by atoms with Gasteiger partial charge in [-0.1, -0.05) is 11.6 Å². The van der Waals surface area contributed by atoms with E-state index in [1.165, 1.54) is 25.1 Å². The van der Waals surface area contributed by atoms with E-state index in [1.54, 1.807) is 19.1 Å². The van der Waals surface area contributed by atoms with Crippen LogP contribution >= 0.6 is 22.9 Å². The summed E-state index contributed by atoms with van der Waals surface area (Å²) in [5.41, 5.74) is 0.777. The standard InChI is InChI=1S/C20H22ClN3O5S/c1-5-29-7-6-24-10-22-19-16(20(24)26)11(2)17(30-19)18(25)23-13-8-12(21)14(27-3)9-15(13)28-4/h8-10H,5-7H2,1-4H3,(H,23,25). The van der Waals surface area contributed by atoms with E-state index >= 15 is 0 Å². The number of fused-ring (bicyclic) bond motifs is 1. The van der Waals surface area contributed by atoms with Crippen LogP contribution in [0.5, 0.6) is 11.5 Å². The highest BCUT2D eigenvalue weighted by atomic mass is 35.5. The second-order valence-electron chi connectivity index (χ2n) is 6.32. The van der Waals surface area contributed by atoms with Crippen molar-refractivity contribution in [2.24, 2.45) is 0 Å². The Hall–Kier alpha value is -2.62. The SMILES string of the molecule is CCOCCn1cnc2sc(C(=O)Nc3cc(Cl)c(OC)cc3OC)c(C)c2c1=O. The predicted octanol–water partition coefficient (Wildman–Crippen LogP) is 3.73. The first-order chi connectivity index (χ1) is 14.4. The maximum atomic E-state index is 13.0. The number of thiophene rings is 1. The van der Waals surface area contributed by atoms with Gasteiger partial charge in [0.15, 0.2) is 0 Å². The summed E-state index contributed by atoms with van der Waals surface area (Å²) in [5.74, 6) is 0.455. The third-order valence-corrected chi connectivity index (χ3v) is 6.02. The number of hydrogen-bond donors (Lipinski definition) is 1. The van der Waals surface area contributed by atoms with Crippen molar-refractivity contribution in [2.45, 2.75) is 20.4 Å². The van der Waals surface area contributed by atoms with Crippen molar-refractivity contribution in [2.75, 3.05) is 32.8 Å². The van der Waals surface area contributed by atoms with Crippen molar-refractivity contribution in [1.29, 1.82) is 0 Å². The second-order valence-corrected chi connectivity index (χ2v) is 7.72. The van der Waals surface area contributed by atoms with Gasteiger partial charge in [0.05, 0.1) is 54.7 Å². The van der Waals surface area contributed by atoms with Crippen molar-refractivity contribution >= 4 is 44.7 Å². The number of aromatic nitrogens is 2. The van der Waals surface area contributed by atoms with Crippen LogP contribution in [-0.2, 0) is 11.3 Å². The van der Waals surface area contributed by atoms with Gasteiger partial charge in [-0.2, -0.15) is 0 Å². The molecule has 3 aromatic rings. The zero-order valence-corrected chi connectivity index (χ0v) is 18.6. The third-order valence-electron chi connectivity index (χ3n) is 4.53. The molecule has 2 aromatic heterocycles. The average molecular weight is 452 g/mol. The van der Waals surface area contributed by atoms with Crippen LogP contribution in [0.4, 0.5) is 5.69 Å². The number of rotatable bonds is 8. The molecule has 2 heterocycles. The van der Waals surface area contributed by atoms with Crippen LogP contribution in [0.3, 0.4) is 0 Å². The van der Waals surface area contributed by atoms with E-state index in [0.29, 0.717) is 62.6 Å². The molecule has 0 saturated heterocycles. The summed E-state index contributed by atoms with van der Waals surface area (Å²) in [7, 11) is 2.98. The third kappa shape index (κ3) is 4.28. The predicted molar refractivity (Wildman–Crippen MR) is 118 cm³/mol. The highest BCUT2D eigenvalue weighted by Crippen LogP contribution is 2.36. The molecular weight excluding hydrogens is 430 g/mol. The summed E-state index contributed by atoms with van der Waals surface area (Å²) >= 11 is 7.34. The molecule has 0 unspecified atom stereocenters. The van der Waals surface area contributed by atoms with Crippen LogP contribution < -0.4 is 20.3 Å². The van der Waals surface area contributed by atoms with Crippen molar-refractivity contribution in [1.82, 2.24) is 9.55 Å². The first-order valence-electron chi connectivity index (χ1n) is 9.20. The zero-order chi connectivity index (χ0) is 21.8. The fraction of sp³-hybridized carbons (Fsp3) is 0.350. The molecule has 3 rings (SSSR count). The molecule has 8 nitrogen and oxygen atoms in total. The van der Waals surface area contributed by atoms with Crippen LogP contribution in [0.2, 0.25) is 5.02 Å². The highest BCUT2D eigenvalue weighted by molar-refractivity contribution is 7.20. The number of halogens is 1. The first kappa shape index (κ1) is 22.1. The van der Waals surface area contributed by atoms with Crippen LogP contribution in [0, 0.1) is 6.92 Å². The average Bonchev–Trinajstić information content (AvgIpc) is 3.07. The lowest BCUT2D eigenvalue weighted by atomic mass is 10.2. The fourth-order valence-corrected chi connectivity index (χ4v) is 4.25. The molecular formula is C20H22ClN3O5S. The summed E-state index contributed by atoms with van der Waals surface area (Å²) in [6, 6.07) is 3.15. The lowest BCUT2D eigenvalue weighted by Gasteiger charge is -2.13. The van der Waals surface area contributed by atoms with Gasteiger partial charge in [-0.3, -0.25) is 14.2 Å². The van der Waals surface area contributed by atoms with E-state index in [1.807, 2.05) is 6.92 Å². The van der Waals surface area contributed by atoms with Gasteiger partial charge in [-0.15, -0.1) is 11.3 Å². The number of aryl methyl sites for hydroxylation is 1. The molecule has 1 aromatic carbocycles. The number of carbonyl (C=O) groups excluding carboxylic acids is 1. The van der Waals surface area contributed by atoms with Gasteiger partial charge in [0, 0.05) is 12.7 Å². The summed E-state index contributed by atoms with van der Waals surface area (Å²) in [4.78, 5) is 31.1. The van der Waals surface area contributed by atoms with Crippen LogP contribution in [0.15, 0.2) is 23.3 Å². The van der Waals surface area contributed by atoms with E-state index < -0.39 is 0 Å². The number of hydrogen-bond acceptors (Lipinski definition) is 7. The van der Waals surface area contributed by atoms with Crippen molar-refractivity contribution in [3.05, 3.63) is 44.3 Å². The van der Waals surface area contributed by atoms with Gasteiger partial charge in [0.25, 0.3) is 11.5 Å². The number of methoxy groups -OCH3 is 2. The largest absolute Gasteiger partial charge is 0.495 e. The van der Waals surface area contributed by atoms with Crippen LogP contribution in [0.1, 0.15) is 22.2 Å². The molecule has 0 aliphatic heterocycles. The van der Waals surface area contributed by atoms with Gasteiger partial charge in [0.2, 0.25) is 0 Å². The number of amides is 1. The molecule has 0 atom stereocenters. The number of carbonyl (C=O) groups is 1. The minimum atomic E-state index is -0.379. The van der Waals surface area contributed by atoms with Gasteiger partial charge in [-0.25, -0.2) is 4.98 Å². The number of nitrogens with one attached hydrogen (secondary N) is 1. The van der Waals surface area contributed by atoms with E-state index in [9.17, 15) is 9.59 Å². The minimum absolute atomic E-state index is 0.197. The molecule has 10 heteroatoms. The Balaban J connectivity index is 1.94. The number of nitrogens with zero attached hydrogens (tertiary/aromatic N) is 2. The Morgan fingerprint density at radius 1 is 1.27 bits per heavy atom. The zero-order valence-electron chi connectivity index (χ0n) is 17.1. The second kappa shape index (κ2) is 9.46. The Morgan fingerprint density at radius 2 is 2.00 bits per heavy atom. The molecule has 1 N–H and O–H groups in total. The van der Waals surface area contributed by atoms with Gasteiger partial charge in [0.1, 0.15) is 16.3 Å². The Labute approximate surface area is 182 Å². The Morgan fingerprint density at radius 3 is 2.67 bits per heavy atom. The first-order valence-corrected chi connectivity index (χ1v) is 10.4. The quantitative estimate of drug-likeness (QED) is 0.525. The maximum absolute atomic E-state index is 13.0. The normalized spacial score (nSPS) is 11.0. The van der Waals surface area contributed by atoms with Gasteiger partial charge < -0.3 is 19.5 Å². The molecule has 1 amide bonds. The molecule has 0 saturated carbocycles. The lowest BCUT2D eigenvalue weighted by Crippen LogP contribution is -2.23. The molecule has 0 bridgehead atoms. The molecule has 0 spiro atoms. The van der Waals surface area contributed by atoms with Crippen LogP contribution in [0.25, 0.3) is 10.2 Å². The van der Waals surface area contributed by atoms with Crippen molar-refractivity contribution in [3.8, 4) is 11.5 Å². The van der Waals surface area contributed by atoms with Crippen molar-refractivity contribution in [3.63, 3.8) is 0 Å². The van der Waals surface area contributed by atoms with Gasteiger partial charge in [-0.05, 0) is 25.5 Å². The van der Waals surface area contributed by atoms with E-state index in [0.717, 1.165) is 11.3 Å². The molecule has 0 aliphatic carbocycles. The fourth-order valence-electron chi connectivity index (χ4n) is 2.98. The Bertz CT molecular complexity index is 1140.